The molecule has 1 N–H and O–H groups in total. The number of amides is 1. The summed E-state index contributed by atoms with van der Waals surface area (Å²) in [6, 6.07) is 0.487. The smallest absolute Gasteiger partial charge is 0.413 e. The van der Waals surface area contributed by atoms with Crippen LogP contribution in [0.25, 0.3) is 0 Å². The highest BCUT2D eigenvalue weighted by Gasteiger charge is 2.27. The lowest BCUT2D eigenvalue weighted by molar-refractivity contribution is 0.0634. The van der Waals surface area contributed by atoms with Gasteiger partial charge in [-0.25, -0.2) is 9.78 Å². The lowest BCUT2D eigenvalue weighted by Gasteiger charge is -2.20. The van der Waals surface area contributed by atoms with Gasteiger partial charge in [-0.2, -0.15) is 0 Å². The number of nitrogens with zero attached hydrogens (tertiary/aromatic N) is 2. The number of imidazole rings is 1. The molecule has 1 saturated carbocycles. The molecule has 0 bridgehead atoms. The molecule has 0 atom stereocenters. The van der Waals surface area contributed by atoms with Crippen molar-refractivity contribution in [3.05, 3.63) is 12.0 Å². The Hall–Kier alpha value is -1.52. The molecule has 0 aromatic carbocycles. The largest absolute Gasteiger partial charge is 0.444 e. The van der Waals surface area contributed by atoms with Gasteiger partial charge >= 0.3 is 6.09 Å². The van der Waals surface area contributed by atoms with Crippen LogP contribution in [0.15, 0.2) is 6.33 Å². The van der Waals surface area contributed by atoms with Crippen LogP contribution in [0.2, 0.25) is 0 Å². The van der Waals surface area contributed by atoms with Crippen LogP contribution in [0, 0.1) is 6.92 Å². The number of carbonyl (C=O) groups is 1. The third kappa shape index (κ3) is 2.99. The van der Waals surface area contributed by atoms with Gasteiger partial charge < -0.3 is 9.30 Å². The van der Waals surface area contributed by atoms with Crippen LogP contribution in [0.4, 0.5) is 10.6 Å². The maximum atomic E-state index is 11.7. The van der Waals surface area contributed by atoms with E-state index >= 15 is 0 Å². The highest BCUT2D eigenvalue weighted by Crippen LogP contribution is 2.38. The van der Waals surface area contributed by atoms with Crippen LogP contribution < -0.4 is 5.32 Å². The van der Waals surface area contributed by atoms with Crippen molar-refractivity contribution in [2.24, 2.45) is 0 Å². The summed E-state index contributed by atoms with van der Waals surface area (Å²) in [7, 11) is 0. The van der Waals surface area contributed by atoms with E-state index < -0.39 is 11.7 Å². The van der Waals surface area contributed by atoms with E-state index in [1.165, 1.54) is 0 Å². The van der Waals surface area contributed by atoms with E-state index in [0.29, 0.717) is 6.04 Å². The van der Waals surface area contributed by atoms with E-state index in [9.17, 15) is 4.79 Å². The molecule has 5 nitrogen and oxygen atoms in total. The zero-order valence-electron chi connectivity index (χ0n) is 10.8. The summed E-state index contributed by atoms with van der Waals surface area (Å²) in [6.45, 7) is 7.42. The number of aromatic nitrogens is 2. The Morgan fingerprint density at radius 1 is 1.53 bits per heavy atom. The molecule has 0 aliphatic heterocycles. The van der Waals surface area contributed by atoms with Gasteiger partial charge in [0.15, 0.2) is 0 Å². The molecule has 0 saturated heterocycles. The Kier molecular flexibility index (Phi) is 2.85. The van der Waals surface area contributed by atoms with Gasteiger partial charge in [0, 0.05) is 6.04 Å². The first-order chi connectivity index (χ1) is 7.87. The van der Waals surface area contributed by atoms with Crippen molar-refractivity contribution >= 4 is 11.9 Å². The van der Waals surface area contributed by atoms with Crippen LogP contribution in [-0.4, -0.2) is 21.2 Å². The monoisotopic (exact) mass is 237 g/mol. The lowest BCUT2D eigenvalue weighted by Crippen LogP contribution is -2.28. The van der Waals surface area contributed by atoms with E-state index in [0.717, 1.165) is 24.4 Å². The molecule has 0 radical (unpaired) electrons. The fourth-order valence-electron chi connectivity index (χ4n) is 1.64. The Balaban J connectivity index is 2.07. The molecular weight excluding hydrogens is 218 g/mol. The summed E-state index contributed by atoms with van der Waals surface area (Å²) in [5.74, 6) is 0.752. The second kappa shape index (κ2) is 4.05. The minimum atomic E-state index is -0.484. The Bertz CT molecular complexity index is 427. The molecule has 5 heteroatoms. The predicted octanol–water partition coefficient (Wildman–Crippen LogP) is 2.87. The third-order valence-electron chi connectivity index (χ3n) is 2.54. The van der Waals surface area contributed by atoms with E-state index in [2.05, 4.69) is 10.3 Å². The molecule has 17 heavy (non-hydrogen) atoms. The van der Waals surface area contributed by atoms with Crippen molar-refractivity contribution in [2.45, 2.75) is 52.2 Å². The molecule has 1 aromatic rings. The molecule has 1 amide bonds. The quantitative estimate of drug-likeness (QED) is 0.860. The number of carbonyl (C=O) groups excluding carboxylic acids is 1. The van der Waals surface area contributed by atoms with Crippen molar-refractivity contribution in [1.82, 2.24) is 9.55 Å². The topological polar surface area (TPSA) is 56.2 Å². The average Bonchev–Trinajstić information content (AvgIpc) is 2.92. The number of nitrogens with one attached hydrogen (secondary N) is 1. The van der Waals surface area contributed by atoms with Crippen LogP contribution in [0.5, 0.6) is 0 Å². The van der Waals surface area contributed by atoms with Crippen molar-refractivity contribution in [3.63, 3.8) is 0 Å². The number of aryl methyl sites for hydroxylation is 1. The maximum Gasteiger partial charge on any atom is 0.413 e. The summed E-state index contributed by atoms with van der Waals surface area (Å²) >= 11 is 0. The van der Waals surface area contributed by atoms with Gasteiger partial charge in [0.2, 0.25) is 0 Å². The molecule has 0 spiro atoms. The summed E-state index contributed by atoms with van der Waals surface area (Å²) in [6.07, 6.45) is 3.65. The second-order valence-corrected chi connectivity index (χ2v) is 5.44. The number of hydrogen-bond acceptors (Lipinski definition) is 3. The number of ether oxygens (including phenoxy) is 1. The molecule has 1 fully saturated rings. The van der Waals surface area contributed by atoms with Crippen LogP contribution in [-0.2, 0) is 4.74 Å². The summed E-state index contributed by atoms with van der Waals surface area (Å²) in [5.41, 5.74) is 0.338. The van der Waals surface area contributed by atoms with Gasteiger partial charge in [-0.05, 0) is 40.5 Å². The molecule has 1 aliphatic carbocycles. The molecule has 2 rings (SSSR count). The van der Waals surface area contributed by atoms with Crippen LogP contribution >= 0.6 is 0 Å². The van der Waals surface area contributed by atoms with Crippen molar-refractivity contribution in [1.29, 1.82) is 0 Å². The Labute approximate surface area is 101 Å². The Morgan fingerprint density at radius 3 is 2.71 bits per heavy atom. The van der Waals surface area contributed by atoms with Gasteiger partial charge in [0.05, 0.1) is 12.0 Å². The summed E-state index contributed by atoms with van der Waals surface area (Å²) in [5, 5.41) is 2.78. The van der Waals surface area contributed by atoms with Gasteiger partial charge in [-0.15, -0.1) is 0 Å². The zero-order chi connectivity index (χ0) is 12.6. The minimum Gasteiger partial charge on any atom is -0.444 e. The highest BCUT2D eigenvalue weighted by atomic mass is 16.6. The van der Waals surface area contributed by atoms with Crippen molar-refractivity contribution in [2.75, 3.05) is 5.32 Å². The molecule has 1 aromatic heterocycles. The van der Waals surface area contributed by atoms with Crippen LogP contribution in [0.3, 0.4) is 0 Å². The van der Waals surface area contributed by atoms with Gasteiger partial charge in [0.25, 0.3) is 0 Å². The fraction of sp³-hybridized carbons (Fsp3) is 0.667. The summed E-state index contributed by atoms with van der Waals surface area (Å²) in [4.78, 5) is 15.9. The average molecular weight is 237 g/mol. The van der Waals surface area contributed by atoms with E-state index in [-0.39, 0.29) is 0 Å². The van der Waals surface area contributed by atoms with Crippen LogP contribution in [0.1, 0.15) is 45.3 Å². The van der Waals surface area contributed by atoms with E-state index in [4.69, 9.17) is 4.74 Å². The predicted molar refractivity (Wildman–Crippen MR) is 65.1 cm³/mol. The molecule has 0 unspecified atom stereocenters. The third-order valence-corrected chi connectivity index (χ3v) is 2.54. The molecule has 1 aliphatic rings. The molecule has 1 heterocycles. The van der Waals surface area contributed by atoms with Crippen molar-refractivity contribution < 1.29 is 9.53 Å². The van der Waals surface area contributed by atoms with Gasteiger partial charge in [0.1, 0.15) is 11.4 Å². The minimum absolute atomic E-state index is 0.428. The first-order valence-electron chi connectivity index (χ1n) is 5.90. The molecule has 94 valence electrons. The lowest BCUT2D eigenvalue weighted by atomic mass is 10.2. The Morgan fingerprint density at radius 2 is 2.18 bits per heavy atom. The number of anilines is 1. The normalized spacial score (nSPS) is 15.8. The SMILES string of the molecule is Cc1ncn(C2CC2)c1NC(=O)OC(C)(C)C. The second-order valence-electron chi connectivity index (χ2n) is 5.44. The summed E-state index contributed by atoms with van der Waals surface area (Å²) < 4.78 is 7.24. The van der Waals surface area contributed by atoms with E-state index in [1.54, 1.807) is 6.33 Å². The van der Waals surface area contributed by atoms with Gasteiger partial charge in [-0.3, -0.25) is 5.32 Å². The number of hydrogen-bond donors (Lipinski definition) is 1. The number of rotatable bonds is 2. The standard InChI is InChI=1S/C12H19N3O2/c1-8-10(14-11(16)17-12(2,3)4)15(7-13-8)9-5-6-9/h7,9H,5-6H2,1-4H3,(H,14,16). The highest BCUT2D eigenvalue weighted by molar-refractivity contribution is 5.84. The zero-order valence-corrected chi connectivity index (χ0v) is 10.8. The molecular formula is C12H19N3O2. The van der Waals surface area contributed by atoms with E-state index in [1.807, 2.05) is 32.3 Å². The maximum absolute atomic E-state index is 11.7. The first-order valence-corrected chi connectivity index (χ1v) is 5.90. The fourth-order valence-corrected chi connectivity index (χ4v) is 1.64. The van der Waals surface area contributed by atoms with Crippen molar-refractivity contribution in [3.8, 4) is 0 Å². The van der Waals surface area contributed by atoms with Gasteiger partial charge in [-0.1, -0.05) is 0 Å². The first kappa shape index (κ1) is 12.0.